The van der Waals surface area contributed by atoms with Crippen LogP contribution in [0.25, 0.3) is 0 Å². The van der Waals surface area contributed by atoms with Crippen molar-refractivity contribution in [3.05, 3.63) is 41.6 Å². The quantitative estimate of drug-likeness (QED) is 0.800. The monoisotopic (exact) mass is 273 g/mol. The molecule has 2 N–H and O–H groups in total. The van der Waals surface area contributed by atoms with Crippen molar-refractivity contribution in [3.8, 4) is 0 Å². The Balaban J connectivity index is 2.94. The third kappa shape index (κ3) is 5.03. The van der Waals surface area contributed by atoms with Gasteiger partial charge in [0, 0.05) is 17.5 Å². The lowest BCUT2D eigenvalue weighted by Crippen LogP contribution is -2.07. The summed E-state index contributed by atoms with van der Waals surface area (Å²) in [6.45, 7) is 1.85. The second-order valence-electron chi connectivity index (χ2n) is 3.96. The Labute approximate surface area is 108 Å². The third-order valence-corrected chi connectivity index (χ3v) is 2.31. The maximum Gasteiger partial charge on any atom is 0.416 e. The standard InChI is InChI=1S/C13H14F3NO2/c1-2-4-10(8-12(18)19)17-11-6-3-5-9(7-11)13(14,15)16/h3,5-8,17H,2,4H2,1H3,(H,18,19). The van der Waals surface area contributed by atoms with Crippen LogP contribution in [-0.2, 0) is 11.0 Å². The van der Waals surface area contributed by atoms with E-state index >= 15 is 0 Å². The summed E-state index contributed by atoms with van der Waals surface area (Å²) >= 11 is 0. The second kappa shape index (κ2) is 6.26. The van der Waals surface area contributed by atoms with E-state index < -0.39 is 17.7 Å². The van der Waals surface area contributed by atoms with Crippen molar-refractivity contribution in [2.45, 2.75) is 25.9 Å². The van der Waals surface area contributed by atoms with Crippen LogP contribution in [0.1, 0.15) is 25.3 Å². The highest BCUT2D eigenvalue weighted by molar-refractivity contribution is 5.81. The Morgan fingerprint density at radius 1 is 1.42 bits per heavy atom. The van der Waals surface area contributed by atoms with Gasteiger partial charge in [-0.2, -0.15) is 13.2 Å². The lowest BCUT2D eigenvalue weighted by Gasteiger charge is -2.12. The van der Waals surface area contributed by atoms with Gasteiger partial charge in [-0.3, -0.25) is 0 Å². The number of carboxylic acid groups (broad SMARTS) is 1. The summed E-state index contributed by atoms with van der Waals surface area (Å²) < 4.78 is 37.6. The Bertz CT molecular complexity index is 481. The van der Waals surface area contributed by atoms with Crippen LogP contribution in [0.3, 0.4) is 0 Å². The van der Waals surface area contributed by atoms with Crippen LogP contribution >= 0.6 is 0 Å². The highest BCUT2D eigenvalue weighted by Crippen LogP contribution is 2.31. The SMILES string of the molecule is CCCC(=CC(=O)O)Nc1cccc(C(F)(F)F)c1. The van der Waals surface area contributed by atoms with Crippen molar-refractivity contribution in [2.24, 2.45) is 0 Å². The molecule has 0 amide bonds. The highest BCUT2D eigenvalue weighted by atomic mass is 19.4. The van der Waals surface area contributed by atoms with Gasteiger partial charge in [-0.05, 0) is 24.6 Å². The van der Waals surface area contributed by atoms with Crippen LogP contribution in [0.5, 0.6) is 0 Å². The van der Waals surface area contributed by atoms with Crippen molar-refractivity contribution in [1.82, 2.24) is 0 Å². The first-order chi connectivity index (χ1) is 8.82. The van der Waals surface area contributed by atoms with E-state index in [0.717, 1.165) is 18.2 Å². The number of aliphatic carboxylic acids is 1. The fourth-order valence-electron chi connectivity index (χ4n) is 1.55. The summed E-state index contributed by atoms with van der Waals surface area (Å²) in [5.41, 5.74) is -0.186. The number of allylic oxidation sites excluding steroid dienone is 1. The van der Waals surface area contributed by atoms with Gasteiger partial charge >= 0.3 is 12.1 Å². The van der Waals surface area contributed by atoms with Gasteiger partial charge in [0.1, 0.15) is 0 Å². The van der Waals surface area contributed by atoms with Crippen molar-refractivity contribution >= 4 is 11.7 Å². The Morgan fingerprint density at radius 3 is 2.63 bits per heavy atom. The average Bonchev–Trinajstić information content (AvgIpc) is 2.27. The molecular formula is C13H14F3NO2. The van der Waals surface area contributed by atoms with Crippen molar-refractivity contribution < 1.29 is 23.1 Å². The maximum atomic E-state index is 12.5. The van der Waals surface area contributed by atoms with E-state index in [2.05, 4.69) is 5.32 Å². The molecule has 3 nitrogen and oxygen atoms in total. The fraction of sp³-hybridized carbons (Fsp3) is 0.308. The Hall–Kier alpha value is -1.98. The molecule has 0 unspecified atom stereocenters. The van der Waals surface area contributed by atoms with Crippen LogP contribution in [0.15, 0.2) is 36.0 Å². The van der Waals surface area contributed by atoms with Gasteiger partial charge in [0.05, 0.1) is 5.56 Å². The summed E-state index contributed by atoms with van der Waals surface area (Å²) in [5, 5.41) is 11.4. The van der Waals surface area contributed by atoms with E-state index in [4.69, 9.17) is 5.11 Å². The molecule has 0 fully saturated rings. The number of nitrogens with one attached hydrogen (secondary N) is 1. The predicted octanol–water partition coefficient (Wildman–Crippen LogP) is 3.89. The van der Waals surface area contributed by atoms with Gasteiger partial charge in [-0.1, -0.05) is 19.4 Å². The zero-order valence-electron chi connectivity index (χ0n) is 10.3. The first kappa shape index (κ1) is 15.1. The molecule has 0 aromatic heterocycles. The third-order valence-electron chi connectivity index (χ3n) is 2.31. The summed E-state index contributed by atoms with van der Waals surface area (Å²) in [6, 6.07) is 4.65. The molecular weight excluding hydrogens is 259 g/mol. The number of hydrogen-bond donors (Lipinski definition) is 2. The van der Waals surface area contributed by atoms with E-state index in [-0.39, 0.29) is 5.69 Å². The average molecular weight is 273 g/mol. The molecule has 0 aliphatic heterocycles. The lowest BCUT2D eigenvalue weighted by atomic mass is 10.1. The fourth-order valence-corrected chi connectivity index (χ4v) is 1.55. The smallest absolute Gasteiger partial charge is 0.416 e. The number of alkyl halides is 3. The molecule has 0 atom stereocenters. The van der Waals surface area contributed by atoms with E-state index in [0.29, 0.717) is 18.5 Å². The van der Waals surface area contributed by atoms with E-state index in [9.17, 15) is 18.0 Å². The minimum atomic E-state index is -4.42. The van der Waals surface area contributed by atoms with Crippen LogP contribution in [0.2, 0.25) is 0 Å². The molecule has 104 valence electrons. The maximum absolute atomic E-state index is 12.5. The molecule has 0 aliphatic rings. The summed E-state index contributed by atoms with van der Waals surface area (Å²) in [5.74, 6) is -1.14. The van der Waals surface area contributed by atoms with Gasteiger partial charge in [-0.15, -0.1) is 0 Å². The van der Waals surface area contributed by atoms with Crippen LogP contribution in [0.4, 0.5) is 18.9 Å². The van der Waals surface area contributed by atoms with Crippen LogP contribution in [0, 0.1) is 0 Å². The summed E-state index contributed by atoms with van der Waals surface area (Å²) in [4.78, 5) is 10.6. The normalized spacial score (nSPS) is 12.3. The molecule has 1 rings (SSSR count). The van der Waals surface area contributed by atoms with Gasteiger partial charge in [0.15, 0.2) is 0 Å². The molecule has 1 aromatic rings. The van der Waals surface area contributed by atoms with Crippen molar-refractivity contribution in [2.75, 3.05) is 5.32 Å². The molecule has 0 saturated heterocycles. The molecule has 0 aliphatic carbocycles. The zero-order valence-corrected chi connectivity index (χ0v) is 10.3. The van der Waals surface area contributed by atoms with Gasteiger partial charge < -0.3 is 10.4 Å². The van der Waals surface area contributed by atoms with Gasteiger partial charge in [-0.25, -0.2) is 4.79 Å². The van der Waals surface area contributed by atoms with Gasteiger partial charge in [0.2, 0.25) is 0 Å². The molecule has 0 spiro atoms. The Morgan fingerprint density at radius 2 is 2.11 bits per heavy atom. The highest BCUT2D eigenvalue weighted by Gasteiger charge is 2.30. The molecule has 0 bridgehead atoms. The molecule has 19 heavy (non-hydrogen) atoms. The number of halogens is 3. The minimum absolute atomic E-state index is 0.218. The van der Waals surface area contributed by atoms with Crippen molar-refractivity contribution in [1.29, 1.82) is 0 Å². The first-order valence-corrected chi connectivity index (χ1v) is 5.70. The molecule has 0 radical (unpaired) electrons. The number of hydrogen-bond acceptors (Lipinski definition) is 2. The minimum Gasteiger partial charge on any atom is -0.478 e. The zero-order chi connectivity index (χ0) is 14.5. The topological polar surface area (TPSA) is 49.3 Å². The molecule has 0 saturated carbocycles. The number of carbonyl (C=O) groups is 1. The lowest BCUT2D eigenvalue weighted by molar-refractivity contribution is -0.137. The molecule has 6 heteroatoms. The van der Waals surface area contributed by atoms with Crippen molar-refractivity contribution in [3.63, 3.8) is 0 Å². The molecule has 0 heterocycles. The summed E-state index contributed by atoms with van der Waals surface area (Å²) in [6.07, 6.45) is -2.32. The molecule has 1 aromatic carbocycles. The number of rotatable bonds is 5. The first-order valence-electron chi connectivity index (χ1n) is 5.70. The predicted molar refractivity (Wildman–Crippen MR) is 65.7 cm³/mol. The summed E-state index contributed by atoms with van der Waals surface area (Å²) in [7, 11) is 0. The van der Waals surface area contributed by atoms with E-state index in [1.165, 1.54) is 12.1 Å². The largest absolute Gasteiger partial charge is 0.478 e. The Kier molecular flexibility index (Phi) is 4.97. The van der Waals surface area contributed by atoms with E-state index in [1.807, 2.05) is 6.92 Å². The van der Waals surface area contributed by atoms with Gasteiger partial charge in [0.25, 0.3) is 0 Å². The second-order valence-corrected chi connectivity index (χ2v) is 3.96. The van der Waals surface area contributed by atoms with Crippen LogP contribution < -0.4 is 5.32 Å². The van der Waals surface area contributed by atoms with E-state index in [1.54, 1.807) is 0 Å². The number of carboxylic acids is 1. The number of anilines is 1. The number of benzene rings is 1. The van der Waals surface area contributed by atoms with Crippen LogP contribution in [-0.4, -0.2) is 11.1 Å².